The lowest BCUT2D eigenvalue weighted by Gasteiger charge is -2.06. The maximum Gasteiger partial charge on any atom is 0.328 e. The van der Waals surface area contributed by atoms with Gasteiger partial charge in [-0.05, 0) is 18.9 Å². The number of hydrogen-bond donors (Lipinski definition) is 2. The molecule has 0 unspecified atom stereocenters. The van der Waals surface area contributed by atoms with Crippen LogP contribution in [0.1, 0.15) is 17.5 Å². The number of nitrogens with two attached hydrogens (primary N) is 1. The quantitative estimate of drug-likeness (QED) is 0.304. The van der Waals surface area contributed by atoms with Gasteiger partial charge in [0.05, 0.1) is 6.54 Å². The third-order valence-electron chi connectivity index (χ3n) is 3.60. The third-order valence-corrected chi connectivity index (χ3v) is 4.80. The number of fused-ring (bicyclic) bond motifs is 1. The van der Waals surface area contributed by atoms with Gasteiger partial charge in [-0.1, -0.05) is 41.6 Å². The minimum Gasteiger partial charge on any atom is -0.382 e. The van der Waals surface area contributed by atoms with E-state index in [1.807, 2.05) is 31.2 Å². The first-order valence-electron chi connectivity index (χ1n) is 7.59. The maximum atomic E-state index is 12.3. The normalized spacial score (nSPS) is 11.2. The van der Waals surface area contributed by atoms with Gasteiger partial charge in [0.25, 0.3) is 0 Å². The number of thioether (sulfide) groups is 1. The number of hydrogen-bond acceptors (Lipinski definition) is 5. The molecule has 0 aliphatic carbocycles. The van der Waals surface area contributed by atoms with E-state index in [0.717, 1.165) is 17.7 Å². The van der Waals surface area contributed by atoms with Crippen molar-refractivity contribution in [1.29, 1.82) is 0 Å². The van der Waals surface area contributed by atoms with Gasteiger partial charge in [-0.25, -0.2) is 14.8 Å². The molecule has 1 aromatic carbocycles. The van der Waals surface area contributed by atoms with Crippen LogP contribution >= 0.6 is 23.4 Å². The average Bonchev–Trinajstić information content (AvgIpc) is 2.87. The number of nitrogens with zero attached hydrogens (tertiary/aromatic N) is 3. The van der Waals surface area contributed by atoms with Crippen LogP contribution in [-0.4, -0.2) is 31.2 Å². The van der Waals surface area contributed by atoms with Crippen LogP contribution in [0.3, 0.4) is 0 Å². The minimum atomic E-state index is -0.241. The van der Waals surface area contributed by atoms with E-state index in [2.05, 4.69) is 15.0 Å². The molecule has 3 N–H and O–H groups in total. The highest BCUT2D eigenvalue weighted by Gasteiger charge is 2.14. The molecule has 0 radical (unpaired) electrons. The monoisotopic (exact) mass is 363 g/mol. The largest absolute Gasteiger partial charge is 0.382 e. The van der Waals surface area contributed by atoms with Gasteiger partial charge in [0.1, 0.15) is 5.52 Å². The predicted molar refractivity (Wildman–Crippen MR) is 98.9 cm³/mol. The maximum absolute atomic E-state index is 12.3. The van der Waals surface area contributed by atoms with Crippen LogP contribution in [0.25, 0.3) is 11.2 Å². The number of rotatable bonds is 6. The standard InChI is InChI=1S/C16H18ClN5OS/c1-10-3-5-11(6-4-10)9-22-14-12(19-16(22)23)13(18)20-15(21-14)24-8-2-7-17/h3-6H,2,7-9H2,1H3,(H,19,23)(H2,18,20,21). The minimum absolute atomic E-state index is 0.241. The molecule has 126 valence electrons. The molecule has 3 rings (SSSR count). The van der Waals surface area contributed by atoms with Crippen molar-refractivity contribution in [1.82, 2.24) is 19.5 Å². The molecule has 2 aromatic heterocycles. The molecule has 0 bridgehead atoms. The van der Waals surface area contributed by atoms with Gasteiger partial charge in [-0.3, -0.25) is 4.57 Å². The Hall–Kier alpha value is -1.99. The number of H-pyrrole nitrogens is 1. The lowest BCUT2D eigenvalue weighted by atomic mass is 10.1. The van der Waals surface area contributed by atoms with Crippen LogP contribution in [0.15, 0.2) is 34.2 Å². The van der Waals surface area contributed by atoms with Gasteiger partial charge in [0.2, 0.25) is 0 Å². The van der Waals surface area contributed by atoms with Crippen LogP contribution in [0.4, 0.5) is 5.82 Å². The highest BCUT2D eigenvalue weighted by molar-refractivity contribution is 7.99. The second-order valence-corrected chi connectivity index (χ2v) is 6.92. The second kappa shape index (κ2) is 7.27. The van der Waals surface area contributed by atoms with Crippen molar-refractivity contribution in [3.63, 3.8) is 0 Å². The van der Waals surface area contributed by atoms with E-state index in [1.165, 1.54) is 17.3 Å². The summed E-state index contributed by atoms with van der Waals surface area (Å²) in [5, 5.41) is 0.557. The van der Waals surface area contributed by atoms with Gasteiger partial charge in [0, 0.05) is 11.6 Å². The van der Waals surface area contributed by atoms with Crippen LogP contribution < -0.4 is 11.4 Å². The molecular formula is C16H18ClN5OS. The lowest BCUT2D eigenvalue weighted by molar-refractivity contribution is 0.771. The Morgan fingerprint density at radius 3 is 2.75 bits per heavy atom. The fourth-order valence-corrected chi connectivity index (χ4v) is 3.41. The number of alkyl halides is 1. The lowest BCUT2D eigenvalue weighted by Crippen LogP contribution is -2.17. The summed E-state index contributed by atoms with van der Waals surface area (Å²) in [6.45, 7) is 2.46. The fraction of sp³-hybridized carbons (Fsp3) is 0.312. The van der Waals surface area contributed by atoms with E-state index < -0.39 is 0 Å². The molecule has 24 heavy (non-hydrogen) atoms. The van der Waals surface area contributed by atoms with Crippen molar-refractivity contribution in [2.24, 2.45) is 0 Å². The number of aromatic amines is 1. The molecule has 6 nitrogen and oxygen atoms in total. The summed E-state index contributed by atoms with van der Waals surface area (Å²) in [5.74, 6) is 1.68. The first-order chi connectivity index (χ1) is 11.6. The fourth-order valence-electron chi connectivity index (χ4n) is 2.34. The summed E-state index contributed by atoms with van der Waals surface area (Å²) in [7, 11) is 0. The van der Waals surface area contributed by atoms with Crippen molar-refractivity contribution in [2.75, 3.05) is 17.4 Å². The topological polar surface area (TPSA) is 89.6 Å². The average molecular weight is 364 g/mol. The molecule has 2 heterocycles. The van der Waals surface area contributed by atoms with Gasteiger partial charge in [-0.15, -0.1) is 11.6 Å². The molecule has 0 aliphatic rings. The molecular weight excluding hydrogens is 346 g/mol. The molecule has 0 fully saturated rings. The number of nitrogens with one attached hydrogen (secondary N) is 1. The molecule has 3 aromatic rings. The number of anilines is 1. The van der Waals surface area contributed by atoms with Crippen LogP contribution in [-0.2, 0) is 6.54 Å². The van der Waals surface area contributed by atoms with Crippen molar-refractivity contribution in [3.8, 4) is 0 Å². The highest BCUT2D eigenvalue weighted by Crippen LogP contribution is 2.21. The molecule has 0 saturated heterocycles. The van der Waals surface area contributed by atoms with Gasteiger partial charge < -0.3 is 10.7 Å². The number of benzene rings is 1. The van der Waals surface area contributed by atoms with Gasteiger partial charge >= 0.3 is 5.69 Å². The molecule has 0 aliphatic heterocycles. The Balaban J connectivity index is 1.98. The van der Waals surface area contributed by atoms with Gasteiger partial charge in [-0.2, -0.15) is 0 Å². The molecule has 0 spiro atoms. The summed E-state index contributed by atoms with van der Waals surface area (Å²) < 4.78 is 1.59. The van der Waals surface area contributed by atoms with Crippen LogP contribution in [0, 0.1) is 6.92 Å². The summed E-state index contributed by atoms with van der Waals surface area (Å²) in [6.07, 6.45) is 0.858. The number of aromatic nitrogens is 4. The third kappa shape index (κ3) is 3.57. The van der Waals surface area contributed by atoms with Crippen LogP contribution in [0.2, 0.25) is 0 Å². The Kier molecular flexibility index (Phi) is 5.11. The molecule has 8 heteroatoms. The van der Waals surface area contributed by atoms with E-state index >= 15 is 0 Å². The Labute approximate surface area is 148 Å². The first kappa shape index (κ1) is 16.9. The van der Waals surface area contributed by atoms with Crippen LogP contribution in [0.5, 0.6) is 0 Å². The molecule has 0 saturated carbocycles. The smallest absolute Gasteiger partial charge is 0.328 e. The predicted octanol–water partition coefficient (Wildman–Crippen LogP) is 2.78. The van der Waals surface area contributed by atoms with E-state index in [4.69, 9.17) is 17.3 Å². The number of nitrogen functional groups attached to an aromatic ring is 1. The zero-order valence-corrected chi connectivity index (χ0v) is 14.8. The Morgan fingerprint density at radius 1 is 1.29 bits per heavy atom. The zero-order valence-electron chi connectivity index (χ0n) is 13.3. The number of aryl methyl sites for hydroxylation is 1. The van der Waals surface area contributed by atoms with Crippen molar-refractivity contribution in [2.45, 2.75) is 25.0 Å². The van der Waals surface area contributed by atoms with E-state index in [-0.39, 0.29) is 11.5 Å². The highest BCUT2D eigenvalue weighted by atomic mass is 35.5. The summed E-state index contributed by atoms with van der Waals surface area (Å²) in [6, 6.07) is 8.04. The van der Waals surface area contributed by atoms with Crippen molar-refractivity contribution in [3.05, 3.63) is 45.9 Å². The summed E-state index contributed by atoms with van der Waals surface area (Å²) in [4.78, 5) is 23.8. The van der Waals surface area contributed by atoms with Gasteiger partial charge in [0.15, 0.2) is 16.6 Å². The Morgan fingerprint density at radius 2 is 2.04 bits per heavy atom. The summed E-state index contributed by atoms with van der Waals surface area (Å²) >= 11 is 7.18. The van der Waals surface area contributed by atoms with E-state index in [9.17, 15) is 4.79 Å². The number of halogens is 1. The van der Waals surface area contributed by atoms with Crippen molar-refractivity contribution >= 4 is 40.3 Å². The SMILES string of the molecule is Cc1ccc(Cn2c(=O)[nH]c3c(N)nc(SCCCCl)nc32)cc1. The number of imidazole rings is 1. The molecule has 0 atom stereocenters. The van der Waals surface area contributed by atoms with Crippen molar-refractivity contribution < 1.29 is 0 Å². The van der Waals surface area contributed by atoms with E-state index in [1.54, 1.807) is 4.57 Å². The summed E-state index contributed by atoms with van der Waals surface area (Å²) in [5.41, 5.74) is 8.95. The second-order valence-electron chi connectivity index (χ2n) is 5.48. The van der Waals surface area contributed by atoms with E-state index in [0.29, 0.717) is 28.7 Å². The molecule has 0 amide bonds. The first-order valence-corrected chi connectivity index (χ1v) is 9.11. The zero-order chi connectivity index (χ0) is 17.1. The Bertz CT molecular complexity index is 903.